The van der Waals surface area contributed by atoms with Crippen LogP contribution in [0, 0.1) is 0 Å². The highest BCUT2D eigenvalue weighted by molar-refractivity contribution is 14.0. The molecule has 0 saturated heterocycles. The molecule has 0 aromatic heterocycles. The number of nitrogens with zero attached hydrogens (tertiary/aromatic N) is 2. The van der Waals surface area contributed by atoms with Crippen LogP contribution < -0.4 is 15.4 Å². The molecule has 0 bridgehead atoms. The van der Waals surface area contributed by atoms with Crippen LogP contribution in [0.15, 0.2) is 29.3 Å². The van der Waals surface area contributed by atoms with Gasteiger partial charge in [0.25, 0.3) is 0 Å². The first kappa shape index (κ1) is 24.0. The molecule has 2 N–H and O–H groups in total. The molecular formula is C21H37IN4O. The van der Waals surface area contributed by atoms with Gasteiger partial charge in [-0.15, -0.1) is 24.0 Å². The summed E-state index contributed by atoms with van der Waals surface area (Å²) in [5, 5.41) is 7.05. The Balaban J connectivity index is 0.00000364. The van der Waals surface area contributed by atoms with Crippen LogP contribution in [0.1, 0.15) is 58.6 Å². The predicted molar refractivity (Wildman–Crippen MR) is 125 cm³/mol. The van der Waals surface area contributed by atoms with Gasteiger partial charge in [0, 0.05) is 25.6 Å². The minimum absolute atomic E-state index is 0. The Labute approximate surface area is 182 Å². The van der Waals surface area contributed by atoms with Gasteiger partial charge in [0.2, 0.25) is 0 Å². The molecule has 1 aliphatic rings. The highest BCUT2D eigenvalue weighted by Crippen LogP contribution is 2.39. The summed E-state index contributed by atoms with van der Waals surface area (Å²) < 4.78 is 6.12. The lowest BCUT2D eigenvalue weighted by Crippen LogP contribution is -2.45. The largest absolute Gasteiger partial charge is 0.487 e. The Kier molecular flexibility index (Phi) is 10.4. The smallest absolute Gasteiger partial charge is 0.191 e. The molecule has 0 saturated carbocycles. The number of hydrogen-bond donors (Lipinski definition) is 2. The summed E-state index contributed by atoms with van der Waals surface area (Å²) >= 11 is 0. The molecule has 1 atom stereocenters. The first-order valence-electron chi connectivity index (χ1n) is 9.96. The van der Waals surface area contributed by atoms with E-state index in [1.165, 1.54) is 18.5 Å². The van der Waals surface area contributed by atoms with Crippen molar-refractivity contribution < 1.29 is 4.74 Å². The Bertz CT molecular complexity index is 587. The van der Waals surface area contributed by atoms with E-state index in [-0.39, 0.29) is 35.6 Å². The summed E-state index contributed by atoms with van der Waals surface area (Å²) in [6.07, 6.45) is 3.26. The van der Waals surface area contributed by atoms with Crippen LogP contribution in [0.25, 0.3) is 0 Å². The number of benzene rings is 1. The Morgan fingerprint density at radius 2 is 1.93 bits per heavy atom. The van der Waals surface area contributed by atoms with Gasteiger partial charge in [-0.2, -0.15) is 0 Å². The van der Waals surface area contributed by atoms with Gasteiger partial charge in [-0.3, -0.25) is 4.99 Å². The van der Waals surface area contributed by atoms with Crippen molar-refractivity contribution in [3.05, 3.63) is 29.8 Å². The van der Waals surface area contributed by atoms with Crippen molar-refractivity contribution >= 4 is 29.9 Å². The van der Waals surface area contributed by atoms with Crippen LogP contribution in [0.2, 0.25) is 0 Å². The predicted octanol–water partition coefficient (Wildman–Crippen LogP) is 4.19. The number of ether oxygens (including phenoxy) is 1. The third-order valence-corrected chi connectivity index (χ3v) is 5.00. The Morgan fingerprint density at radius 1 is 1.22 bits per heavy atom. The normalized spacial score (nSPS) is 18.3. The zero-order valence-corrected chi connectivity index (χ0v) is 19.9. The maximum atomic E-state index is 6.12. The summed E-state index contributed by atoms with van der Waals surface area (Å²) in [5.74, 6) is 1.83. The number of rotatable bonds is 8. The molecular weight excluding hydrogens is 451 g/mol. The van der Waals surface area contributed by atoms with Crippen molar-refractivity contribution in [2.45, 2.75) is 58.6 Å². The van der Waals surface area contributed by atoms with Gasteiger partial charge in [-0.1, -0.05) is 32.0 Å². The van der Waals surface area contributed by atoms with Gasteiger partial charge in [0.05, 0.1) is 6.04 Å². The number of para-hydroxylation sites is 1. The van der Waals surface area contributed by atoms with Crippen molar-refractivity contribution in [2.75, 3.05) is 33.2 Å². The first-order valence-corrected chi connectivity index (χ1v) is 9.96. The average Bonchev–Trinajstić information content (AvgIpc) is 2.62. The highest BCUT2D eigenvalue weighted by Gasteiger charge is 2.33. The molecule has 1 unspecified atom stereocenters. The fourth-order valence-electron chi connectivity index (χ4n) is 3.50. The van der Waals surface area contributed by atoms with Crippen LogP contribution in [-0.2, 0) is 0 Å². The fourth-order valence-corrected chi connectivity index (χ4v) is 3.50. The lowest BCUT2D eigenvalue weighted by atomic mass is 9.90. The number of hydrogen-bond acceptors (Lipinski definition) is 3. The van der Waals surface area contributed by atoms with Crippen molar-refractivity contribution in [2.24, 2.45) is 4.99 Å². The Hall–Kier alpha value is -1.02. The second kappa shape index (κ2) is 11.7. The molecule has 1 aromatic carbocycles. The quantitative estimate of drug-likeness (QED) is 0.249. The molecule has 0 fully saturated rings. The van der Waals surface area contributed by atoms with E-state index in [9.17, 15) is 0 Å². The molecule has 0 aliphatic carbocycles. The number of halogens is 1. The standard InChI is InChI=1S/C21H36N4O.HI/c1-6-25(7-2)15-11-10-14-23-20(22-5)24-18-16-21(3,4)26-19-13-9-8-12-17(18)19;/h8-9,12-13,18H,6-7,10-11,14-16H2,1-5H3,(H2,22,23,24);1H. The van der Waals surface area contributed by atoms with Crippen LogP contribution in [-0.4, -0.2) is 49.7 Å². The van der Waals surface area contributed by atoms with Crippen LogP contribution in [0.3, 0.4) is 0 Å². The topological polar surface area (TPSA) is 48.9 Å². The van der Waals surface area contributed by atoms with Crippen LogP contribution in [0.4, 0.5) is 0 Å². The number of nitrogens with one attached hydrogen (secondary N) is 2. The van der Waals surface area contributed by atoms with Gasteiger partial charge < -0.3 is 20.3 Å². The SMILES string of the molecule is CCN(CC)CCCCNC(=NC)NC1CC(C)(C)Oc2ccccc21.I. The van der Waals surface area contributed by atoms with E-state index in [1.807, 2.05) is 19.2 Å². The first-order chi connectivity index (χ1) is 12.5. The second-order valence-electron chi connectivity index (χ2n) is 7.53. The lowest BCUT2D eigenvalue weighted by molar-refractivity contribution is 0.0694. The number of aliphatic imine (C=N–C) groups is 1. The molecule has 6 heteroatoms. The third kappa shape index (κ3) is 7.49. The second-order valence-corrected chi connectivity index (χ2v) is 7.53. The molecule has 1 aliphatic heterocycles. The average molecular weight is 488 g/mol. The highest BCUT2D eigenvalue weighted by atomic mass is 127. The maximum absolute atomic E-state index is 6.12. The number of fused-ring (bicyclic) bond motifs is 1. The summed E-state index contributed by atoms with van der Waals surface area (Å²) in [5.41, 5.74) is 1.02. The van der Waals surface area contributed by atoms with E-state index in [0.717, 1.165) is 44.2 Å². The third-order valence-electron chi connectivity index (χ3n) is 5.00. The van der Waals surface area contributed by atoms with Gasteiger partial charge in [-0.05, 0) is 52.4 Å². The molecule has 0 spiro atoms. The summed E-state index contributed by atoms with van der Waals surface area (Å²) in [4.78, 5) is 6.88. The molecule has 5 nitrogen and oxygen atoms in total. The zero-order chi connectivity index (χ0) is 19.0. The summed E-state index contributed by atoms with van der Waals surface area (Å²) in [6.45, 7) is 13.1. The molecule has 1 heterocycles. The number of guanidine groups is 1. The van der Waals surface area contributed by atoms with E-state index < -0.39 is 0 Å². The van der Waals surface area contributed by atoms with Crippen molar-refractivity contribution in [1.82, 2.24) is 15.5 Å². The molecule has 0 radical (unpaired) electrons. The zero-order valence-electron chi connectivity index (χ0n) is 17.5. The molecule has 2 rings (SSSR count). The van der Waals surface area contributed by atoms with E-state index in [2.05, 4.69) is 60.4 Å². The summed E-state index contributed by atoms with van der Waals surface area (Å²) in [7, 11) is 1.83. The van der Waals surface area contributed by atoms with Crippen molar-refractivity contribution in [3.8, 4) is 5.75 Å². The van der Waals surface area contributed by atoms with E-state index in [0.29, 0.717) is 0 Å². The van der Waals surface area contributed by atoms with Gasteiger partial charge in [-0.25, -0.2) is 0 Å². The lowest BCUT2D eigenvalue weighted by Gasteiger charge is -2.38. The van der Waals surface area contributed by atoms with E-state index >= 15 is 0 Å². The van der Waals surface area contributed by atoms with Crippen LogP contribution in [0.5, 0.6) is 5.75 Å². The molecule has 154 valence electrons. The molecule has 0 amide bonds. The van der Waals surface area contributed by atoms with Gasteiger partial charge in [0.1, 0.15) is 11.4 Å². The fraction of sp³-hybridized carbons (Fsp3) is 0.667. The van der Waals surface area contributed by atoms with Crippen molar-refractivity contribution in [3.63, 3.8) is 0 Å². The van der Waals surface area contributed by atoms with E-state index in [4.69, 9.17) is 4.74 Å². The minimum atomic E-state index is -0.186. The molecule has 1 aromatic rings. The summed E-state index contributed by atoms with van der Waals surface area (Å²) in [6, 6.07) is 8.49. The minimum Gasteiger partial charge on any atom is -0.487 e. The van der Waals surface area contributed by atoms with E-state index in [1.54, 1.807) is 0 Å². The van der Waals surface area contributed by atoms with Gasteiger partial charge in [0.15, 0.2) is 5.96 Å². The van der Waals surface area contributed by atoms with Gasteiger partial charge >= 0.3 is 0 Å². The monoisotopic (exact) mass is 488 g/mol. The number of unbranched alkanes of at least 4 members (excludes halogenated alkanes) is 1. The van der Waals surface area contributed by atoms with Crippen molar-refractivity contribution in [1.29, 1.82) is 0 Å². The Morgan fingerprint density at radius 3 is 2.59 bits per heavy atom. The molecule has 27 heavy (non-hydrogen) atoms. The van der Waals surface area contributed by atoms with Crippen LogP contribution >= 0.6 is 24.0 Å². The maximum Gasteiger partial charge on any atom is 0.191 e.